The van der Waals surface area contributed by atoms with Crippen molar-refractivity contribution in [2.75, 3.05) is 5.32 Å². The molecule has 1 N–H and O–H groups in total. The van der Waals surface area contributed by atoms with Gasteiger partial charge >= 0.3 is 0 Å². The topological polar surface area (TPSA) is 42.0 Å². The van der Waals surface area contributed by atoms with Gasteiger partial charge in [0.05, 0.1) is 10.6 Å². The van der Waals surface area contributed by atoms with Crippen molar-refractivity contribution in [1.82, 2.24) is 4.98 Å². The summed E-state index contributed by atoms with van der Waals surface area (Å²) in [5, 5.41) is 5.64. The van der Waals surface area contributed by atoms with Gasteiger partial charge in [0.15, 0.2) is 5.13 Å². The molecule has 0 unspecified atom stereocenters. The number of thiophene rings is 1. The lowest BCUT2D eigenvalue weighted by Crippen LogP contribution is -2.09. The maximum absolute atomic E-state index is 12.5. The van der Waals surface area contributed by atoms with E-state index in [1.807, 2.05) is 11.4 Å². The average Bonchev–Trinajstić information content (AvgIpc) is 3.27. The number of hydrogen-bond donors (Lipinski definition) is 1. The van der Waals surface area contributed by atoms with Crippen molar-refractivity contribution in [3.8, 4) is 11.3 Å². The number of amides is 1. The normalized spacial score (nSPS) is 13.5. The van der Waals surface area contributed by atoms with E-state index in [1.165, 1.54) is 52.2 Å². The van der Waals surface area contributed by atoms with Gasteiger partial charge < -0.3 is 0 Å². The highest BCUT2D eigenvalue weighted by Gasteiger charge is 2.15. The van der Waals surface area contributed by atoms with Gasteiger partial charge in [0.1, 0.15) is 0 Å². The summed E-state index contributed by atoms with van der Waals surface area (Å²) in [6, 6.07) is 8.63. The molecule has 0 atom stereocenters. The molecule has 2 aromatic heterocycles. The van der Waals surface area contributed by atoms with E-state index in [0.717, 1.165) is 29.0 Å². The van der Waals surface area contributed by atoms with Gasteiger partial charge in [-0.25, -0.2) is 4.98 Å². The first-order chi connectivity index (χ1) is 12.6. The van der Waals surface area contributed by atoms with Crippen LogP contribution in [0.1, 0.15) is 51.0 Å². The van der Waals surface area contributed by atoms with E-state index in [4.69, 9.17) is 0 Å². The summed E-state index contributed by atoms with van der Waals surface area (Å²) in [6.07, 6.45) is 5.88. The van der Waals surface area contributed by atoms with Gasteiger partial charge in [-0.15, -0.1) is 22.7 Å². The van der Waals surface area contributed by atoms with Crippen LogP contribution in [0.3, 0.4) is 0 Å². The molecule has 0 bridgehead atoms. The highest BCUT2D eigenvalue weighted by molar-refractivity contribution is 7.15. The van der Waals surface area contributed by atoms with Crippen LogP contribution in [-0.4, -0.2) is 10.9 Å². The summed E-state index contributed by atoms with van der Waals surface area (Å²) in [5.41, 5.74) is 6.20. The summed E-state index contributed by atoms with van der Waals surface area (Å²) < 4.78 is 0. The Kier molecular flexibility index (Phi) is 4.92. The van der Waals surface area contributed by atoms with Crippen molar-refractivity contribution in [3.63, 3.8) is 0 Å². The molecular formula is C21H22N2OS2. The molecule has 3 nitrogen and oxygen atoms in total. The fraction of sp³-hybridized carbons (Fsp3) is 0.333. The van der Waals surface area contributed by atoms with E-state index in [2.05, 4.69) is 42.3 Å². The molecule has 134 valence electrons. The predicted molar refractivity (Wildman–Crippen MR) is 111 cm³/mol. The van der Waals surface area contributed by atoms with Crippen LogP contribution < -0.4 is 5.32 Å². The third-order valence-corrected chi connectivity index (χ3v) is 7.07. The summed E-state index contributed by atoms with van der Waals surface area (Å²) in [4.78, 5) is 19.2. The van der Waals surface area contributed by atoms with Gasteiger partial charge in [-0.1, -0.05) is 19.1 Å². The molecule has 3 aromatic rings. The summed E-state index contributed by atoms with van der Waals surface area (Å²) in [6.45, 7) is 4.18. The molecule has 1 aliphatic rings. The fourth-order valence-electron chi connectivity index (χ4n) is 3.50. The Morgan fingerprint density at radius 1 is 1.19 bits per heavy atom. The number of anilines is 1. The van der Waals surface area contributed by atoms with Crippen molar-refractivity contribution in [2.24, 2.45) is 0 Å². The van der Waals surface area contributed by atoms with Gasteiger partial charge in [-0.2, -0.15) is 0 Å². The molecule has 0 saturated carbocycles. The molecule has 0 saturated heterocycles. The van der Waals surface area contributed by atoms with Crippen LogP contribution in [-0.2, 0) is 19.3 Å². The van der Waals surface area contributed by atoms with Crippen molar-refractivity contribution < 1.29 is 4.79 Å². The Labute approximate surface area is 162 Å². The largest absolute Gasteiger partial charge is 0.297 e. The number of fused-ring (bicyclic) bond motifs is 1. The highest BCUT2D eigenvalue weighted by Crippen LogP contribution is 2.30. The fourth-order valence-corrected chi connectivity index (χ4v) is 5.22. The maximum Gasteiger partial charge on any atom is 0.267 e. The second kappa shape index (κ2) is 7.33. The second-order valence-electron chi connectivity index (χ2n) is 6.75. The molecule has 26 heavy (non-hydrogen) atoms. The van der Waals surface area contributed by atoms with Crippen molar-refractivity contribution in [3.05, 3.63) is 56.1 Å². The third kappa shape index (κ3) is 3.46. The highest BCUT2D eigenvalue weighted by atomic mass is 32.1. The average molecular weight is 383 g/mol. The molecule has 2 heterocycles. The Morgan fingerprint density at radius 2 is 2.00 bits per heavy atom. The summed E-state index contributed by atoms with van der Waals surface area (Å²) >= 11 is 3.05. The van der Waals surface area contributed by atoms with E-state index in [9.17, 15) is 4.79 Å². The first-order valence-corrected chi connectivity index (χ1v) is 10.8. The number of carbonyl (C=O) groups excluding carboxylic acids is 1. The van der Waals surface area contributed by atoms with Gasteiger partial charge in [0, 0.05) is 15.8 Å². The molecule has 1 aliphatic carbocycles. The van der Waals surface area contributed by atoms with E-state index in [0.29, 0.717) is 5.13 Å². The number of carbonyl (C=O) groups is 1. The Morgan fingerprint density at radius 3 is 2.77 bits per heavy atom. The lowest BCUT2D eigenvalue weighted by atomic mass is 9.90. The molecule has 0 radical (unpaired) electrons. The molecular weight excluding hydrogens is 360 g/mol. The molecule has 1 amide bonds. The predicted octanol–water partition coefficient (Wildman–Crippen LogP) is 5.87. The number of thiazole rings is 1. The van der Waals surface area contributed by atoms with Crippen molar-refractivity contribution in [2.45, 2.75) is 46.0 Å². The second-order valence-corrected chi connectivity index (χ2v) is 8.75. The van der Waals surface area contributed by atoms with Crippen molar-refractivity contribution >= 4 is 33.7 Å². The Hall–Kier alpha value is -1.98. The molecule has 4 rings (SSSR count). The van der Waals surface area contributed by atoms with E-state index in [-0.39, 0.29) is 5.91 Å². The summed E-state index contributed by atoms with van der Waals surface area (Å²) in [5.74, 6) is -0.0656. The Bertz CT molecular complexity index is 955. The minimum absolute atomic E-state index is 0.0656. The van der Waals surface area contributed by atoms with E-state index < -0.39 is 0 Å². The lowest BCUT2D eigenvalue weighted by molar-refractivity contribution is 0.103. The molecule has 1 aromatic carbocycles. The smallest absolute Gasteiger partial charge is 0.267 e. The minimum Gasteiger partial charge on any atom is -0.297 e. The maximum atomic E-state index is 12.5. The number of benzene rings is 1. The van der Waals surface area contributed by atoms with Gasteiger partial charge in [-0.3, -0.25) is 10.1 Å². The monoisotopic (exact) mass is 382 g/mol. The van der Waals surface area contributed by atoms with Crippen LogP contribution >= 0.6 is 22.7 Å². The zero-order valence-corrected chi connectivity index (χ0v) is 16.7. The van der Waals surface area contributed by atoms with Crippen LogP contribution in [0.15, 0.2) is 29.6 Å². The number of aryl methyl sites for hydroxylation is 4. The number of hydrogen-bond acceptors (Lipinski definition) is 4. The first-order valence-electron chi connectivity index (χ1n) is 9.12. The number of aromatic nitrogens is 1. The number of rotatable bonds is 4. The summed E-state index contributed by atoms with van der Waals surface area (Å²) in [7, 11) is 0. The van der Waals surface area contributed by atoms with E-state index >= 15 is 0 Å². The van der Waals surface area contributed by atoms with Gasteiger partial charge in [-0.05, 0) is 67.9 Å². The standard InChI is InChI=1S/C21H22N2OS2/c1-3-18-13(2)10-19(26-18)20(24)23-21-22-17(12-25-21)16-9-8-14-6-4-5-7-15(14)11-16/h8-12H,3-7H2,1-2H3,(H,22,23,24). The third-order valence-electron chi connectivity index (χ3n) is 4.93. The van der Waals surface area contributed by atoms with Gasteiger partial charge in [0.25, 0.3) is 5.91 Å². The molecule has 0 fully saturated rings. The van der Waals surface area contributed by atoms with Crippen LogP contribution in [0.5, 0.6) is 0 Å². The molecule has 0 aliphatic heterocycles. The Balaban J connectivity index is 1.51. The van der Waals surface area contributed by atoms with Crippen LogP contribution in [0.25, 0.3) is 11.3 Å². The zero-order chi connectivity index (χ0) is 18.1. The quantitative estimate of drug-likeness (QED) is 0.613. The number of nitrogens with zero attached hydrogens (tertiary/aromatic N) is 1. The number of nitrogens with one attached hydrogen (secondary N) is 1. The lowest BCUT2D eigenvalue weighted by Gasteiger charge is -2.16. The molecule has 0 spiro atoms. The van der Waals surface area contributed by atoms with Crippen LogP contribution in [0.2, 0.25) is 0 Å². The van der Waals surface area contributed by atoms with Crippen molar-refractivity contribution in [1.29, 1.82) is 0 Å². The minimum atomic E-state index is -0.0656. The van der Waals surface area contributed by atoms with Crippen LogP contribution in [0.4, 0.5) is 5.13 Å². The first kappa shape index (κ1) is 17.4. The van der Waals surface area contributed by atoms with Gasteiger partial charge in [0.2, 0.25) is 0 Å². The van der Waals surface area contributed by atoms with Crippen LogP contribution in [0, 0.1) is 6.92 Å². The SMILES string of the molecule is CCc1sc(C(=O)Nc2nc(-c3ccc4c(c3)CCCC4)cs2)cc1C. The molecule has 5 heteroatoms. The van der Waals surface area contributed by atoms with E-state index in [1.54, 1.807) is 11.3 Å². The zero-order valence-electron chi connectivity index (χ0n) is 15.1.